The summed E-state index contributed by atoms with van der Waals surface area (Å²) < 4.78 is 3.74. The highest BCUT2D eigenvalue weighted by Gasteiger charge is 2.25. The molecule has 1 aromatic heterocycles. The van der Waals surface area contributed by atoms with E-state index in [1.54, 1.807) is 0 Å². The predicted molar refractivity (Wildman–Crippen MR) is 78.3 cm³/mol. The first-order chi connectivity index (χ1) is 9.04. The molecule has 98 valence electrons. The van der Waals surface area contributed by atoms with Crippen LogP contribution in [0.25, 0.3) is 11.0 Å². The maximum absolute atomic E-state index is 12.2. The van der Waals surface area contributed by atoms with Crippen LogP contribution >= 0.6 is 22.6 Å². The molecule has 0 bridgehead atoms. The van der Waals surface area contributed by atoms with Crippen LogP contribution in [0, 0.1) is 10.5 Å². The van der Waals surface area contributed by atoms with Gasteiger partial charge >= 0.3 is 5.69 Å². The Balaban J connectivity index is 2.51. The molecule has 0 unspecified atom stereocenters. The number of hydrogen-bond acceptors (Lipinski definition) is 3. The molecular weight excluding hydrogens is 361 g/mol. The second-order valence-corrected chi connectivity index (χ2v) is 5.52. The summed E-state index contributed by atoms with van der Waals surface area (Å²) in [5.41, 5.74) is 2.68. The van der Waals surface area contributed by atoms with E-state index in [-0.39, 0.29) is 24.7 Å². The molecule has 1 aliphatic heterocycles. The number of nitrogens with one attached hydrogen (secondary N) is 1. The highest BCUT2D eigenvalue weighted by atomic mass is 127. The standard InChI is InChI=1S/C12H10IN3O3/c1-6-4-7-11-10(9(6)13)14-8(18)5-16(11)12(19)15(7)2-3-17/h3-4H,2,5H2,1H3,(H,14,18). The largest absolute Gasteiger partial charge is 0.330 e. The number of nitrogens with zero attached hydrogens (tertiary/aromatic N) is 2. The summed E-state index contributed by atoms with van der Waals surface area (Å²) in [5, 5.41) is 2.81. The molecule has 19 heavy (non-hydrogen) atoms. The monoisotopic (exact) mass is 371 g/mol. The van der Waals surface area contributed by atoms with Gasteiger partial charge in [-0.15, -0.1) is 0 Å². The highest BCUT2D eigenvalue weighted by Crippen LogP contribution is 2.33. The van der Waals surface area contributed by atoms with Gasteiger partial charge in [-0.05, 0) is 41.1 Å². The average Bonchev–Trinajstić information content (AvgIpc) is 2.62. The molecule has 0 fully saturated rings. The van der Waals surface area contributed by atoms with E-state index < -0.39 is 0 Å². The zero-order valence-corrected chi connectivity index (χ0v) is 12.2. The van der Waals surface area contributed by atoms with Crippen molar-refractivity contribution >= 4 is 51.5 Å². The van der Waals surface area contributed by atoms with Gasteiger partial charge in [0.2, 0.25) is 5.91 Å². The van der Waals surface area contributed by atoms with Gasteiger partial charge in [-0.2, -0.15) is 0 Å². The number of hydrogen-bond donors (Lipinski definition) is 1. The lowest BCUT2D eigenvalue weighted by Gasteiger charge is -2.17. The van der Waals surface area contributed by atoms with Crippen molar-refractivity contribution < 1.29 is 9.59 Å². The van der Waals surface area contributed by atoms with E-state index >= 15 is 0 Å². The predicted octanol–water partition coefficient (Wildman–Crippen LogP) is 0.867. The van der Waals surface area contributed by atoms with Gasteiger partial charge < -0.3 is 10.1 Å². The molecule has 0 aliphatic carbocycles. The number of rotatable bonds is 2. The number of halogens is 1. The van der Waals surface area contributed by atoms with Gasteiger partial charge in [-0.3, -0.25) is 13.9 Å². The Morgan fingerprint density at radius 1 is 1.47 bits per heavy atom. The summed E-state index contributed by atoms with van der Waals surface area (Å²) in [5.74, 6) is -0.219. The fourth-order valence-corrected chi connectivity index (χ4v) is 2.97. The number of aromatic nitrogens is 2. The molecule has 2 aromatic rings. The normalized spacial score (nSPS) is 13.7. The van der Waals surface area contributed by atoms with Crippen LogP contribution in [0.3, 0.4) is 0 Å². The van der Waals surface area contributed by atoms with Crippen molar-refractivity contribution in [3.05, 3.63) is 25.7 Å². The van der Waals surface area contributed by atoms with Crippen molar-refractivity contribution in [2.24, 2.45) is 0 Å². The van der Waals surface area contributed by atoms with Crippen LogP contribution < -0.4 is 11.0 Å². The molecule has 6 nitrogen and oxygen atoms in total. The van der Waals surface area contributed by atoms with Crippen molar-refractivity contribution in [1.82, 2.24) is 9.13 Å². The van der Waals surface area contributed by atoms with Crippen molar-refractivity contribution in [2.75, 3.05) is 5.32 Å². The maximum atomic E-state index is 12.2. The van der Waals surface area contributed by atoms with Crippen LogP contribution in [-0.2, 0) is 22.7 Å². The van der Waals surface area contributed by atoms with E-state index in [1.165, 1.54) is 9.13 Å². The lowest BCUT2D eigenvalue weighted by atomic mass is 10.1. The third-order valence-corrected chi connectivity index (χ3v) is 4.63. The summed E-state index contributed by atoms with van der Waals surface area (Å²) in [6.07, 6.45) is 0.686. The summed E-state index contributed by atoms with van der Waals surface area (Å²) in [6.45, 7) is 1.90. The van der Waals surface area contributed by atoms with Gasteiger partial charge in [0.15, 0.2) is 0 Å². The lowest BCUT2D eigenvalue weighted by Crippen LogP contribution is -2.32. The van der Waals surface area contributed by atoms with Crippen LogP contribution in [0.2, 0.25) is 0 Å². The van der Waals surface area contributed by atoms with Gasteiger partial charge in [0.25, 0.3) is 0 Å². The fraction of sp³-hybridized carbons (Fsp3) is 0.250. The first-order valence-corrected chi connectivity index (χ1v) is 6.78. The van der Waals surface area contributed by atoms with Gasteiger partial charge in [0.05, 0.1) is 23.3 Å². The number of imidazole rings is 1. The second-order valence-electron chi connectivity index (χ2n) is 4.44. The number of benzene rings is 1. The summed E-state index contributed by atoms with van der Waals surface area (Å²) in [6, 6.07) is 1.87. The minimum atomic E-state index is -0.320. The Bertz CT molecular complexity index is 788. The van der Waals surface area contributed by atoms with Crippen LogP contribution in [0.5, 0.6) is 0 Å². The zero-order chi connectivity index (χ0) is 13.7. The number of carbonyl (C=O) groups excluding carboxylic acids is 2. The van der Waals surface area contributed by atoms with Gasteiger partial charge in [-0.1, -0.05) is 0 Å². The molecule has 1 N–H and O–H groups in total. The minimum absolute atomic E-state index is 0.00397. The van der Waals surface area contributed by atoms with Crippen molar-refractivity contribution in [2.45, 2.75) is 20.0 Å². The van der Waals surface area contributed by atoms with Gasteiger partial charge in [0, 0.05) is 3.57 Å². The van der Waals surface area contributed by atoms with E-state index in [0.29, 0.717) is 23.0 Å². The molecular formula is C12H10IN3O3. The van der Waals surface area contributed by atoms with Crippen LogP contribution in [-0.4, -0.2) is 21.3 Å². The Hall–Kier alpha value is -1.64. The van der Waals surface area contributed by atoms with Gasteiger partial charge in [0.1, 0.15) is 12.8 Å². The van der Waals surface area contributed by atoms with Crippen molar-refractivity contribution in [1.29, 1.82) is 0 Å². The number of aldehydes is 1. The maximum Gasteiger partial charge on any atom is 0.330 e. The molecule has 0 saturated heterocycles. The Kier molecular flexibility index (Phi) is 2.73. The first kappa shape index (κ1) is 12.4. The van der Waals surface area contributed by atoms with E-state index in [9.17, 15) is 14.4 Å². The molecule has 1 aromatic carbocycles. The molecule has 0 radical (unpaired) electrons. The fourth-order valence-electron chi connectivity index (χ4n) is 2.42. The number of amides is 1. The van der Waals surface area contributed by atoms with E-state index in [1.807, 2.05) is 13.0 Å². The first-order valence-electron chi connectivity index (χ1n) is 5.70. The molecule has 3 rings (SSSR count). The second kappa shape index (κ2) is 4.19. The smallest absolute Gasteiger partial charge is 0.322 e. The number of carbonyl (C=O) groups is 2. The van der Waals surface area contributed by atoms with Crippen LogP contribution in [0.1, 0.15) is 5.56 Å². The van der Waals surface area contributed by atoms with Crippen molar-refractivity contribution in [3.8, 4) is 0 Å². The van der Waals surface area contributed by atoms with Crippen LogP contribution in [0.4, 0.5) is 5.69 Å². The topological polar surface area (TPSA) is 73.1 Å². The lowest BCUT2D eigenvalue weighted by molar-refractivity contribution is -0.116. The third-order valence-electron chi connectivity index (χ3n) is 3.24. The highest BCUT2D eigenvalue weighted by molar-refractivity contribution is 14.1. The summed E-state index contributed by atoms with van der Waals surface area (Å²) >= 11 is 2.15. The number of aryl methyl sites for hydroxylation is 1. The third kappa shape index (κ3) is 1.64. The molecule has 0 spiro atoms. The molecule has 7 heteroatoms. The molecule has 0 atom stereocenters. The molecule has 2 heterocycles. The van der Waals surface area contributed by atoms with E-state index in [0.717, 1.165) is 9.13 Å². The SMILES string of the molecule is Cc1cc2c3c(c1I)NC(=O)Cn3c(=O)n2CC=O. The Morgan fingerprint density at radius 3 is 2.89 bits per heavy atom. The van der Waals surface area contributed by atoms with E-state index in [2.05, 4.69) is 27.9 Å². The van der Waals surface area contributed by atoms with Gasteiger partial charge in [-0.25, -0.2) is 4.79 Å². The number of anilines is 1. The Labute approximate surface area is 121 Å². The molecule has 1 aliphatic rings. The minimum Gasteiger partial charge on any atom is -0.322 e. The van der Waals surface area contributed by atoms with Crippen molar-refractivity contribution in [3.63, 3.8) is 0 Å². The zero-order valence-electron chi connectivity index (χ0n) is 10.1. The average molecular weight is 371 g/mol. The summed E-state index contributed by atoms with van der Waals surface area (Å²) in [4.78, 5) is 34.7. The summed E-state index contributed by atoms with van der Waals surface area (Å²) in [7, 11) is 0. The molecule has 1 amide bonds. The quantitative estimate of drug-likeness (QED) is 0.629. The van der Waals surface area contributed by atoms with E-state index in [4.69, 9.17) is 0 Å². The molecule has 0 saturated carbocycles. The van der Waals surface area contributed by atoms with Crippen LogP contribution in [0.15, 0.2) is 10.9 Å². The Morgan fingerprint density at radius 2 is 2.21 bits per heavy atom.